The maximum atomic E-state index is 14.2. The van der Waals surface area contributed by atoms with Gasteiger partial charge in [0, 0.05) is 36.4 Å². The normalized spacial score (nSPS) is 16.2. The highest BCUT2D eigenvalue weighted by atomic mass is 19.1. The van der Waals surface area contributed by atoms with Crippen molar-refractivity contribution in [1.82, 2.24) is 20.3 Å². The Kier molecular flexibility index (Phi) is 6.55. The van der Waals surface area contributed by atoms with E-state index in [1.807, 2.05) is 10.8 Å². The number of rotatable bonds is 8. The second-order valence-corrected chi connectivity index (χ2v) is 7.65. The molecule has 1 aliphatic rings. The van der Waals surface area contributed by atoms with Gasteiger partial charge in [0.2, 0.25) is 0 Å². The van der Waals surface area contributed by atoms with Crippen LogP contribution in [0.5, 0.6) is 0 Å². The first-order valence-corrected chi connectivity index (χ1v) is 10.2. The van der Waals surface area contributed by atoms with Gasteiger partial charge >= 0.3 is 0 Å². The number of nitrogens with zero attached hydrogens (tertiary/aromatic N) is 2. The maximum absolute atomic E-state index is 14.2. The minimum absolute atomic E-state index is 0.0707. The maximum Gasteiger partial charge on any atom is 0.293 e. The molecule has 0 saturated carbocycles. The summed E-state index contributed by atoms with van der Waals surface area (Å²) in [6.45, 7) is 2.32. The quantitative estimate of drug-likeness (QED) is 0.290. The highest BCUT2D eigenvalue weighted by molar-refractivity contribution is 5.96. The van der Waals surface area contributed by atoms with Crippen molar-refractivity contribution in [3.8, 4) is 0 Å². The van der Waals surface area contributed by atoms with Crippen LogP contribution < -0.4 is 10.8 Å². The number of fused-ring (bicyclic) bond motifs is 1. The van der Waals surface area contributed by atoms with Crippen LogP contribution in [0.2, 0.25) is 0 Å². The van der Waals surface area contributed by atoms with E-state index in [0.717, 1.165) is 49.4 Å². The average molecular weight is 430 g/mol. The van der Waals surface area contributed by atoms with E-state index in [2.05, 4.69) is 10.3 Å². The molecule has 7 nitrogen and oxygen atoms in total. The number of carbonyl (C=O) groups is 1. The first-order valence-electron chi connectivity index (χ1n) is 10.2. The van der Waals surface area contributed by atoms with Crippen molar-refractivity contribution in [3.05, 3.63) is 65.1 Å². The van der Waals surface area contributed by atoms with Gasteiger partial charge in [0.1, 0.15) is 17.3 Å². The number of ether oxygens (including phenoxy) is 1. The Balaban J connectivity index is 1.58. The molecule has 3 aromatic rings. The molecular formula is C22H24F2N4O3. The van der Waals surface area contributed by atoms with Gasteiger partial charge in [-0.3, -0.25) is 10.0 Å². The Labute approximate surface area is 178 Å². The second-order valence-electron chi connectivity index (χ2n) is 7.65. The van der Waals surface area contributed by atoms with Crippen LogP contribution in [0.25, 0.3) is 10.9 Å². The molecule has 0 spiro atoms. The Morgan fingerprint density at radius 1 is 1.29 bits per heavy atom. The van der Waals surface area contributed by atoms with Crippen LogP contribution in [-0.4, -0.2) is 39.9 Å². The van der Waals surface area contributed by atoms with Crippen LogP contribution >= 0.6 is 0 Å². The van der Waals surface area contributed by atoms with E-state index in [1.54, 1.807) is 11.5 Å². The van der Waals surface area contributed by atoms with Crippen molar-refractivity contribution in [3.63, 3.8) is 0 Å². The number of hydrogen-bond donors (Lipinski definition) is 3. The van der Waals surface area contributed by atoms with E-state index in [4.69, 9.17) is 9.94 Å². The summed E-state index contributed by atoms with van der Waals surface area (Å²) in [6, 6.07) is 5.09. The third kappa shape index (κ3) is 4.90. The lowest BCUT2D eigenvalue weighted by molar-refractivity contribution is 0.0701. The summed E-state index contributed by atoms with van der Waals surface area (Å²) in [5.41, 5.74) is 3.60. The lowest BCUT2D eigenvalue weighted by atomic mass is 10.1. The lowest BCUT2D eigenvalue weighted by Crippen LogP contribution is -2.20. The summed E-state index contributed by atoms with van der Waals surface area (Å²) in [5.74, 6) is -1.96. The number of halogens is 2. The number of pyridine rings is 1. The molecule has 1 amide bonds. The Hall–Kier alpha value is -2.88. The van der Waals surface area contributed by atoms with Crippen LogP contribution in [-0.2, 0) is 17.8 Å². The van der Waals surface area contributed by atoms with Crippen molar-refractivity contribution >= 4 is 16.8 Å². The van der Waals surface area contributed by atoms with Gasteiger partial charge < -0.3 is 14.6 Å². The smallest absolute Gasteiger partial charge is 0.293 e. The average Bonchev–Trinajstić information content (AvgIpc) is 3.40. The third-order valence-electron chi connectivity index (χ3n) is 5.52. The predicted octanol–water partition coefficient (Wildman–Crippen LogP) is 3.14. The van der Waals surface area contributed by atoms with Gasteiger partial charge in [-0.25, -0.2) is 19.2 Å². The van der Waals surface area contributed by atoms with E-state index in [1.165, 1.54) is 18.3 Å². The first-order chi connectivity index (χ1) is 15.0. The number of hydrogen-bond acceptors (Lipinski definition) is 5. The summed E-state index contributed by atoms with van der Waals surface area (Å²) >= 11 is 0. The first kappa shape index (κ1) is 21.4. The zero-order valence-corrected chi connectivity index (χ0v) is 16.9. The fourth-order valence-electron chi connectivity index (χ4n) is 3.91. The van der Waals surface area contributed by atoms with Gasteiger partial charge in [0.25, 0.3) is 5.91 Å². The van der Waals surface area contributed by atoms with Crippen molar-refractivity contribution in [2.45, 2.75) is 38.5 Å². The molecule has 1 atom stereocenters. The van der Waals surface area contributed by atoms with Gasteiger partial charge in [-0.2, -0.15) is 0 Å². The predicted molar refractivity (Wildman–Crippen MR) is 110 cm³/mol. The monoisotopic (exact) mass is 430 g/mol. The molecule has 1 aromatic carbocycles. The van der Waals surface area contributed by atoms with E-state index in [-0.39, 0.29) is 12.2 Å². The molecule has 2 aromatic heterocycles. The van der Waals surface area contributed by atoms with Crippen LogP contribution in [0.1, 0.15) is 40.9 Å². The molecular weight excluding hydrogens is 406 g/mol. The van der Waals surface area contributed by atoms with E-state index in [0.29, 0.717) is 23.7 Å². The van der Waals surface area contributed by atoms with Crippen LogP contribution in [0, 0.1) is 11.6 Å². The summed E-state index contributed by atoms with van der Waals surface area (Å²) in [5, 5.41) is 13.1. The van der Waals surface area contributed by atoms with Gasteiger partial charge in [0.15, 0.2) is 0 Å². The summed E-state index contributed by atoms with van der Waals surface area (Å²) in [6.07, 6.45) is 6.76. The Morgan fingerprint density at radius 3 is 2.90 bits per heavy atom. The molecule has 3 heterocycles. The number of carbonyl (C=O) groups excluding carboxylic acids is 1. The topological polar surface area (TPSA) is 88.4 Å². The zero-order valence-electron chi connectivity index (χ0n) is 16.9. The molecule has 1 aliphatic heterocycles. The number of amides is 1. The SMILES string of the molecule is O=C(NO)c1cc2c(CNCCC3CCCO3)cn(Cc3ccc(F)cc3F)c2cn1. The van der Waals surface area contributed by atoms with Crippen molar-refractivity contribution < 1.29 is 23.5 Å². The minimum Gasteiger partial charge on any atom is -0.378 e. The molecule has 4 rings (SSSR count). The highest BCUT2D eigenvalue weighted by Crippen LogP contribution is 2.24. The van der Waals surface area contributed by atoms with E-state index >= 15 is 0 Å². The Bertz CT molecular complexity index is 1080. The minimum atomic E-state index is -0.712. The lowest BCUT2D eigenvalue weighted by Gasteiger charge is -2.09. The van der Waals surface area contributed by atoms with Gasteiger partial charge in [0.05, 0.1) is 24.4 Å². The molecule has 0 aliphatic carbocycles. The number of benzene rings is 1. The van der Waals surface area contributed by atoms with Crippen LogP contribution in [0.4, 0.5) is 8.78 Å². The van der Waals surface area contributed by atoms with Gasteiger partial charge in [-0.1, -0.05) is 6.07 Å². The second kappa shape index (κ2) is 9.51. The van der Waals surface area contributed by atoms with Gasteiger partial charge in [-0.15, -0.1) is 0 Å². The number of hydroxylamine groups is 1. The van der Waals surface area contributed by atoms with Crippen LogP contribution in [0.3, 0.4) is 0 Å². The fourth-order valence-corrected chi connectivity index (χ4v) is 3.91. The summed E-state index contributed by atoms with van der Waals surface area (Å²) in [7, 11) is 0. The summed E-state index contributed by atoms with van der Waals surface area (Å²) in [4.78, 5) is 15.9. The fraction of sp³-hybridized carbons (Fsp3) is 0.364. The molecule has 1 saturated heterocycles. The van der Waals surface area contributed by atoms with E-state index in [9.17, 15) is 13.6 Å². The molecule has 1 fully saturated rings. The van der Waals surface area contributed by atoms with Gasteiger partial charge in [-0.05, 0) is 43.5 Å². The summed E-state index contributed by atoms with van der Waals surface area (Å²) < 4.78 is 34.9. The molecule has 1 unspecified atom stereocenters. The molecule has 31 heavy (non-hydrogen) atoms. The molecule has 164 valence electrons. The van der Waals surface area contributed by atoms with Crippen molar-refractivity contribution in [2.75, 3.05) is 13.2 Å². The largest absolute Gasteiger partial charge is 0.378 e. The zero-order chi connectivity index (χ0) is 21.8. The third-order valence-corrected chi connectivity index (χ3v) is 5.52. The highest BCUT2D eigenvalue weighted by Gasteiger charge is 2.17. The van der Waals surface area contributed by atoms with Crippen molar-refractivity contribution in [2.24, 2.45) is 0 Å². The molecule has 9 heteroatoms. The molecule has 3 N–H and O–H groups in total. The number of aromatic nitrogens is 2. The van der Waals surface area contributed by atoms with Crippen molar-refractivity contribution in [1.29, 1.82) is 0 Å². The number of nitrogens with one attached hydrogen (secondary N) is 2. The standard InChI is InChI=1S/C22H24F2N4O3/c23-16-4-3-14(19(24)8-16)12-28-13-15(10-25-6-5-17-2-1-7-31-17)18-9-20(22(29)27-30)26-11-21(18)28/h3-4,8-9,11,13,17,25,30H,1-2,5-7,10,12H2,(H,27,29). The molecule has 0 radical (unpaired) electrons. The molecule has 0 bridgehead atoms. The Morgan fingerprint density at radius 2 is 2.16 bits per heavy atom. The van der Waals surface area contributed by atoms with E-state index < -0.39 is 17.5 Å². The van der Waals surface area contributed by atoms with Crippen LogP contribution in [0.15, 0.2) is 36.7 Å².